The lowest BCUT2D eigenvalue weighted by molar-refractivity contribution is -0.117. The van der Waals surface area contributed by atoms with Crippen molar-refractivity contribution in [1.29, 1.82) is 0 Å². The molecule has 33 heavy (non-hydrogen) atoms. The van der Waals surface area contributed by atoms with Crippen LogP contribution in [0, 0.1) is 0 Å². The maximum atomic E-state index is 12.8. The summed E-state index contributed by atoms with van der Waals surface area (Å²) in [4.78, 5) is 30.9. The zero-order valence-corrected chi connectivity index (χ0v) is 18.3. The summed E-state index contributed by atoms with van der Waals surface area (Å²) in [7, 11) is 0. The highest BCUT2D eigenvalue weighted by molar-refractivity contribution is 7.98. The average Bonchev–Trinajstić information content (AvgIpc) is 3.45. The Hall–Kier alpha value is -4.18. The quantitative estimate of drug-likeness (QED) is 0.388. The van der Waals surface area contributed by atoms with Crippen LogP contribution in [0.1, 0.15) is 0 Å². The predicted molar refractivity (Wildman–Crippen MR) is 125 cm³/mol. The van der Waals surface area contributed by atoms with E-state index in [0.29, 0.717) is 22.7 Å². The second-order valence-corrected chi connectivity index (χ2v) is 8.00. The fourth-order valence-corrected chi connectivity index (χ4v) is 3.84. The Balaban J connectivity index is 1.44. The highest BCUT2D eigenvalue weighted by atomic mass is 32.2. The van der Waals surface area contributed by atoms with Gasteiger partial charge >= 0.3 is 5.69 Å². The van der Waals surface area contributed by atoms with Crippen molar-refractivity contribution in [3.05, 3.63) is 83.4 Å². The second kappa shape index (κ2) is 8.75. The van der Waals surface area contributed by atoms with Crippen LogP contribution in [-0.4, -0.2) is 36.5 Å². The molecule has 0 fully saturated rings. The van der Waals surface area contributed by atoms with Gasteiger partial charge in [0.1, 0.15) is 6.54 Å². The summed E-state index contributed by atoms with van der Waals surface area (Å²) in [6.45, 7) is -0.234. The zero-order valence-electron chi connectivity index (χ0n) is 17.5. The smallest absolute Gasteiger partial charge is 0.333 e. The minimum Gasteiger partial charge on any atom is -0.333 e. The summed E-state index contributed by atoms with van der Waals surface area (Å²) in [5, 5.41) is 11.2. The molecule has 2 aromatic carbocycles. The number of nitrogens with one attached hydrogen (secondary N) is 1. The lowest BCUT2D eigenvalue weighted by Gasteiger charge is -2.06. The second-order valence-electron chi connectivity index (χ2n) is 7.12. The number of thioether (sulfide) groups is 1. The number of fused-ring (bicyclic) bond motifs is 1. The fraction of sp³-hybridized carbons (Fsp3) is 0.0870. The van der Waals surface area contributed by atoms with Gasteiger partial charge in [-0.3, -0.25) is 4.79 Å². The Labute approximate surface area is 192 Å². The van der Waals surface area contributed by atoms with Crippen LogP contribution in [0.4, 0.5) is 5.69 Å². The topological polar surface area (TPSA) is 107 Å². The van der Waals surface area contributed by atoms with Crippen molar-refractivity contribution in [2.24, 2.45) is 0 Å². The molecular weight excluding hydrogens is 440 g/mol. The molecule has 1 N–H and O–H groups in total. The van der Waals surface area contributed by atoms with Gasteiger partial charge in [-0.05, 0) is 36.6 Å². The van der Waals surface area contributed by atoms with Gasteiger partial charge in [0.15, 0.2) is 5.65 Å². The van der Waals surface area contributed by atoms with Crippen LogP contribution < -0.4 is 11.0 Å². The Morgan fingerprint density at radius 2 is 1.94 bits per heavy atom. The van der Waals surface area contributed by atoms with Crippen LogP contribution in [0.3, 0.4) is 0 Å². The highest BCUT2D eigenvalue weighted by Crippen LogP contribution is 2.24. The maximum Gasteiger partial charge on any atom is 0.350 e. The number of pyridine rings is 1. The first-order valence-electron chi connectivity index (χ1n) is 10.0. The number of aromatic nitrogens is 5. The van der Waals surface area contributed by atoms with Gasteiger partial charge in [0.25, 0.3) is 5.89 Å². The first-order chi connectivity index (χ1) is 16.1. The van der Waals surface area contributed by atoms with Gasteiger partial charge in [0.2, 0.25) is 11.7 Å². The van der Waals surface area contributed by atoms with Crippen LogP contribution in [0.2, 0.25) is 0 Å². The Morgan fingerprint density at radius 3 is 2.76 bits per heavy atom. The minimum atomic E-state index is -0.442. The van der Waals surface area contributed by atoms with Crippen molar-refractivity contribution in [2.75, 3.05) is 11.6 Å². The molecule has 9 nitrogen and oxygen atoms in total. The number of rotatable bonds is 6. The van der Waals surface area contributed by atoms with E-state index in [2.05, 4.69) is 20.6 Å². The molecule has 0 aliphatic heterocycles. The van der Waals surface area contributed by atoms with E-state index in [-0.39, 0.29) is 18.3 Å². The largest absolute Gasteiger partial charge is 0.350 e. The molecule has 0 bridgehead atoms. The summed E-state index contributed by atoms with van der Waals surface area (Å²) in [6, 6.07) is 20.3. The van der Waals surface area contributed by atoms with E-state index in [9.17, 15) is 9.59 Å². The monoisotopic (exact) mass is 458 g/mol. The van der Waals surface area contributed by atoms with E-state index in [1.54, 1.807) is 36.2 Å². The summed E-state index contributed by atoms with van der Waals surface area (Å²) in [6.07, 6.45) is 3.54. The molecule has 5 rings (SSSR count). The first-order valence-corrected chi connectivity index (χ1v) is 11.3. The van der Waals surface area contributed by atoms with Crippen LogP contribution >= 0.6 is 11.8 Å². The van der Waals surface area contributed by atoms with Crippen molar-refractivity contribution in [3.8, 4) is 22.8 Å². The van der Waals surface area contributed by atoms with Crippen molar-refractivity contribution in [1.82, 2.24) is 24.3 Å². The Bertz CT molecular complexity index is 1510. The van der Waals surface area contributed by atoms with E-state index in [4.69, 9.17) is 4.52 Å². The summed E-state index contributed by atoms with van der Waals surface area (Å²) in [5.74, 6) is 0.306. The molecule has 0 saturated heterocycles. The van der Waals surface area contributed by atoms with Crippen molar-refractivity contribution >= 4 is 29.0 Å². The van der Waals surface area contributed by atoms with Crippen molar-refractivity contribution in [2.45, 2.75) is 11.4 Å². The molecule has 0 spiro atoms. The van der Waals surface area contributed by atoms with Crippen molar-refractivity contribution in [3.63, 3.8) is 0 Å². The van der Waals surface area contributed by atoms with Crippen LogP contribution in [0.25, 0.3) is 28.5 Å². The molecule has 1 amide bonds. The predicted octanol–water partition coefficient (Wildman–Crippen LogP) is 3.57. The number of amides is 1. The molecule has 3 aromatic heterocycles. The molecule has 0 aliphatic carbocycles. The van der Waals surface area contributed by atoms with Gasteiger partial charge in [-0.25, -0.2) is 13.9 Å². The van der Waals surface area contributed by atoms with E-state index in [1.807, 2.05) is 54.8 Å². The average molecular weight is 459 g/mol. The normalized spacial score (nSPS) is 11.1. The molecule has 3 heterocycles. The van der Waals surface area contributed by atoms with E-state index in [1.165, 1.54) is 4.40 Å². The third-order valence-corrected chi connectivity index (χ3v) is 5.67. The zero-order chi connectivity index (χ0) is 22.8. The molecule has 0 radical (unpaired) electrons. The van der Waals surface area contributed by atoms with Gasteiger partial charge in [-0.2, -0.15) is 4.98 Å². The number of nitrogens with zero attached hydrogens (tertiary/aromatic N) is 5. The van der Waals surface area contributed by atoms with E-state index in [0.717, 1.165) is 15.1 Å². The van der Waals surface area contributed by atoms with Crippen molar-refractivity contribution < 1.29 is 9.32 Å². The molecule has 5 aromatic rings. The standard InChI is InChI=1S/C23H18N6O3S/c1-33-17-10-5-9-16(13-17)24-19(30)14-29-23(31)28-12-6-11-18(21(28)26-29)22-25-20(27-32-22)15-7-3-2-4-8-15/h2-13H,14H2,1H3,(H,24,30). The SMILES string of the molecule is CSc1cccc(NC(=O)Cn2nc3c(-c4nc(-c5ccccc5)no4)cccn3c2=O)c1. The van der Waals surface area contributed by atoms with Crippen LogP contribution in [-0.2, 0) is 11.3 Å². The van der Waals surface area contributed by atoms with E-state index < -0.39 is 5.69 Å². The third kappa shape index (κ3) is 4.15. The lowest BCUT2D eigenvalue weighted by atomic mass is 10.2. The first kappa shape index (κ1) is 20.7. The molecule has 0 atom stereocenters. The molecular formula is C23H18N6O3S. The van der Waals surface area contributed by atoms with Gasteiger partial charge in [-0.1, -0.05) is 41.6 Å². The number of hydrogen-bond acceptors (Lipinski definition) is 7. The molecule has 10 heteroatoms. The Morgan fingerprint density at radius 1 is 1.09 bits per heavy atom. The number of carbonyl (C=O) groups excluding carboxylic acids is 1. The number of anilines is 1. The van der Waals surface area contributed by atoms with Gasteiger partial charge in [0, 0.05) is 22.3 Å². The Kier molecular flexibility index (Phi) is 5.49. The van der Waals surface area contributed by atoms with E-state index >= 15 is 0 Å². The number of carbonyl (C=O) groups is 1. The summed E-state index contributed by atoms with van der Waals surface area (Å²) in [5.41, 5.74) is 1.84. The van der Waals surface area contributed by atoms with Gasteiger partial charge in [0.05, 0.1) is 5.56 Å². The third-order valence-electron chi connectivity index (χ3n) is 4.94. The number of hydrogen-bond donors (Lipinski definition) is 1. The van der Waals surface area contributed by atoms with Gasteiger partial charge < -0.3 is 9.84 Å². The summed E-state index contributed by atoms with van der Waals surface area (Å²) >= 11 is 1.58. The van der Waals surface area contributed by atoms with Crippen LogP contribution in [0.15, 0.2) is 87.1 Å². The van der Waals surface area contributed by atoms with Crippen LogP contribution in [0.5, 0.6) is 0 Å². The molecule has 0 unspecified atom stereocenters. The maximum absolute atomic E-state index is 12.8. The lowest BCUT2D eigenvalue weighted by Crippen LogP contribution is -2.28. The molecule has 0 aliphatic rings. The highest BCUT2D eigenvalue weighted by Gasteiger charge is 2.18. The number of benzene rings is 2. The van der Waals surface area contributed by atoms with Gasteiger partial charge in [-0.15, -0.1) is 16.9 Å². The summed E-state index contributed by atoms with van der Waals surface area (Å²) < 4.78 is 7.90. The minimum absolute atomic E-state index is 0.231. The molecule has 0 saturated carbocycles. The fourth-order valence-electron chi connectivity index (χ4n) is 3.38. The molecule has 164 valence electrons.